The van der Waals surface area contributed by atoms with Gasteiger partial charge >= 0.3 is 0 Å². The zero-order valence-corrected chi connectivity index (χ0v) is 18.4. The summed E-state index contributed by atoms with van der Waals surface area (Å²) in [5.41, 5.74) is 1.16. The van der Waals surface area contributed by atoms with E-state index in [9.17, 15) is 0 Å². The fourth-order valence-corrected chi connectivity index (χ4v) is 3.67. The summed E-state index contributed by atoms with van der Waals surface area (Å²) in [4.78, 5) is 11.0. The van der Waals surface area contributed by atoms with E-state index in [1.54, 1.807) is 0 Å². The fraction of sp³-hybridized carbons (Fsp3) is 0.474. The number of rotatable bonds is 4. The molecule has 1 aliphatic rings. The third kappa shape index (κ3) is 5.13. The van der Waals surface area contributed by atoms with Crippen molar-refractivity contribution >= 4 is 41.5 Å². The van der Waals surface area contributed by atoms with Crippen molar-refractivity contribution in [3.8, 4) is 0 Å². The molecule has 1 saturated heterocycles. The zero-order valence-electron chi connectivity index (χ0n) is 15.3. The van der Waals surface area contributed by atoms with E-state index in [4.69, 9.17) is 11.6 Å². The number of aliphatic imine (C=N–C) groups is 1. The van der Waals surface area contributed by atoms with Crippen molar-refractivity contribution in [3.63, 3.8) is 0 Å². The van der Waals surface area contributed by atoms with Crippen LogP contribution in [0.4, 0.5) is 0 Å². The molecule has 26 heavy (non-hydrogen) atoms. The van der Waals surface area contributed by atoms with E-state index >= 15 is 0 Å². The van der Waals surface area contributed by atoms with Gasteiger partial charge in [0.15, 0.2) is 5.96 Å². The highest BCUT2D eigenvalue weighted by Crippen LogP contribution is 2.27. The number of imidazole rings is 1. The highest BCUT2D eigenvalue weighted by Gasteiger charge is 2.28. The predicted molar refractivity (Wildman–Crippen MR) is 119 cm³/mol. The molecule has 2 heterocycles. The van der Waals surface area contributed by atoms with Crippen molar-refractivity contribution < 1.29 is 0 Å². The Morgan fingerprint density at radius 2 is 2.19 bits per heavy atom. The topological polar surface area (TPSA) is 45.5 Å². The Morgan fingerprint density at radius 1 is 1.38 bits per heavy atom. The van der Waals surface area contributed by atoms with Crippen LogP contribution in [0, 0.1) is 5.92 Å². The zero-order chi connectivity index (χ0) is 17.6. The lowest BCUT2D eigenvalue weighted by molar-refractivity contribution is 0.189. The van der Waals surface area contributed by atoms with E-state index in [1.807, 2.05) is 37.8 Å². The first-order chi connectivity index (χ1) is 12.2. The molecule has 0 radical (unpaired) electrons. The lowest BCUT2D eigenvalue weighted by Crippen LogP contribution is -2.49. The van der Waals surface area contributed by atoms with Gasteiger partial charge in [0.05, 0.1) is 12.4 Å². The van der Waals surface area contributed by atoms with Crippen molar-refractivity contribution in [3.05, 3.63) is 53.6 Å². The Morgan fingerprint density at radius 3 is 2.88 bits per heavy atom. The van der Waals surface area contributed by atoms with E-state index in [0.717, 1.165) is 49.0 Å². The first-order valence-corrected chi connectivity index (χ1v) is 9.23. The molecular weight excluding hydrogens is 461 g/mol. The normalized spacial score (nSPS) is 20.6. The second-order valence-corrected chi connectivity index (χ2v) is 7.01. The summed E-state index contributed by atoms with van der Waals surface area (Å²) in [6.45, 7) is 5.11. The molecule has 1 N–H and O–H groups in total. The minimum atomic E-state index is 0. The summed E-state index contributed by atoms with van der Waals surface area (Å²) in [5.74, 6) is 1.59. The number of aromatic nitrogens is 2. The predicted octanol–water partition coefficient (Wildman–Crippen LogP) is 3.86. The van der Waals surface area contributed by atoms with Crippen LogP contribution in [0.2, 0.25) is 5.02 Å². The monoisotopic (exact) mass is 487 g/mol. The van der Waals surface area contributed by atoms with Crippen LogP contribution < -0.4 is 5.32 Å². The largest absolute Gasteiger partial charge is 0.356 e. The van der Waals surface area contributed by atoms with Crippen molar-refractivity contribution in [2.24, 2.45) is 10.9 Å². The van der Waals surface area contributed by atoms with Gasteiger partial charge in [0.1, 0.15) is 0 Å². The molecule has 1 aromatic heterocycles. The molecule has 0 bridgehead atoms. The van der Waals surface area contributed by atoms with Crippen molar-refractivity contribution in [2.75, 3.05) is 26.7 Å². The summed E-state index contributed by atoms with van der Waals surface area (Å²) in [7, 11) is 1.85. The molecule has 0 amide bonds. The van der Waals surface area contributed by atoms with Crippen molar-refractivity contribution in [1.82, 2.24) is 19.8 Å². The Balaban J connectivity index is 0.00000243. The summed E-state index contributed by atoms with van der Waals surface area (Å²) in [6, 6.07) is 8.43. The Hall–Kier alpha value is -1.28. The Kier molecular flexibility index (Phi) is 8.21. The molecule has 1 aliphatic heterocycles. The van der Waals surface area contributed by atoms with Crippen LogP contribution in [0.3, 0.4) is 0 Å². The van der Waals surface area contributed by atoms with Gasteiger partial charge in [-0.15, -0.1) is 24.0 Å². The van der Waals surface area contributed by atoms with Gasteiger partial charge in [0.2, 0.25) is 0 Å². The third-order valence-electron chi connectivity index (χ3n) is 4.97. The molecule has 5 nitrogen and oxygen atoms in total. The molecule has 142 valence electrons. The summed E-state index contributed by atoms with van der Waals surface area (Å²) >= 11 is 6.24. The number of nitrogens with one attached hydrogen (secondary N) is 1. The molecule has 0 saturated carbocycles. The molecular formula is C19H27ClIN5. The highest BCUT2D eigenvalue weighted by atomic mass is 127. The fourth-order valence-electron chi connectivity index (χ4n) is 3.44. The number of halogens is 2. The molecule has 0 aliphatic carbocycles. The maximum absolute atomic E-state index is 6.24. The molecule has 2 aromatic rings. The maximum Gasteiger partial charge on any atom is 0.193 e. The van der Waals surface area contributed by atoms with Gasteiger partial charge in [0.25, 0.3) is 0 Å². The van der Waals surface area contributed by atoms with E-state index < -0.39 is 0 Å². The first kappa shape index (κ1) is 21.0. The molecule has 3 rings (SSSR count). The van der Waals surface area contributed by atoms with Crippen molar-refractivity contribution in [2.45, 2.75) is 25.8 Å². The van der Waals surface area contributed by atoms with Crippen LogP contribution in [-0.2, 0) is 6.42 Å². The summed E-state index contributed by atoms with van der Waals surface area (Å²) in [6.07, 6.45) is 7.85. The van der Waals surface area contributed by atoms with Gasteiger partial charge in [-0.1, -0.05) is 36.7 Å². The van der Waals surface area contributed by atoms with Crippen molar-refractivity contribution in [1.29, 1.82) is 0 Å². The van der Waals surface area contributed by atoms with Crippen LogP contribution >= 0.6 is 35.6 Å². The second kappa shape index (κ2) is 10.2. The lowest BCUT2D eigenvalue weighted by Gasteiger charge is -2.39. The van der Waals surface area contributed by atoms with Crippen LogP contribution in [0.1, 0.15) is 24.9 Å². The molecule has 1 fully saturated rings. The van der Waals surface area contributed by atoms with E-state index in [2.05, 4.69) is 43.9 Å². The average Bonchev–Trinajstić information content (AvgIpc) is 3.15. The second-order valence-electron chi connectivity index (χ2n) is 6.60. The van der Waals surface area contributed by atoms with Gasteiger partial charge in [-0.25, -0.2) is 4.98 Å². The van der Waals surface area contributed by atoms with Gasteiger partial charge < -0.3 is 14.8 Å². The van der Waals surface area contributed by atoms with Crippen LogP contribution in [0.15, 0.2) is 48.0 Å². The maximum atomic E-state index is 6.24. The number of hydrogen-bond donors (Lipinski definition) is 1. The summed E-state index contributed by atoms with van der Waals surface area (Å²) in [5, 5.41) is 4.31. The molecule has 0 spiro atoms. The first-order valence-electron chi connectivity index (χ1n) is 8.85. The number of nitrogens with zero attached hydrogens (tertiary/aromatic N) is 4. The number of guanidine groups is 1. The van der Waals surface area contributed by atoms with E-state index in [0.29, 0.717) is 12.0 Å². The van der Waals surface area contributed by atoms with E-state index in [-0.39, 0.29) is 24.0 Å². The summed E-state index contributed by atoms with van der Waals surface area (Å²) < 4.78 is 2.22. The highest BCUT2D eigenvalue weighted by molar-refractivity contribution is 14.0. The number of likely N-dealkylation sites (tertiary alicyclic amines) is 1. The molecule has 2 unspecified atom stereocenters. The molecule has 2 atom stereocenters. The van der Waals surface area contributed by atoms with Crippen LogP contribution in [-0.4, -0.2) is 47.1 Å². The minimum Gasteiger partial charge on any atom is -0.356 e. The number of piperidine rings is 1. The van der Waals surface area contributed by atoms with Gasteiger partial charge in [-0.2, -0.15) is 0 Å². The number of benzene rings is 1. The van der Waals surface area contributed by atoms with Gasteiger partial charge in [0, 0.05) is 44.1 Å². The molecule has 1 aromatic carbocycles. The average molecular weight is 488 g/mol. The molecule has 7 heteroatoms. The van der Waals surface area contributed by atoms with Crippen LogP contribution in [0.25, 0.3) is 0 Å². The number of hydrogen-bond acceptors (Lipinski definition) is 2. The Labute approximate surface area is 177 Å². The standard InChI is InChI=1S/C19H26ClN5.HI/c1-15-8-11-24(13-18(15)25-12-10-22-14-25)19(21-2)23-9-7-16-5-3-4-6-17(16)20;/h3-6,10,12,14-15,18H,7-9,11,13H2,1-2H3,(H,21,23);1H. The van der Waals surface area contributed by atoms with Gasteiger partial charge in [-0.3, -0.25) is 4.99 Å². The van der Waals surface area contributed by atoms with E-state index in [1.165, 1.54) is 0 Å². The Bertz CT molecular complexity index is 704. The van der Waals surface area contributed by atoms with Gasteiger partial charge in [-0.05, 0) is 30.4 Å². The smallest absolute Gasteiger partial charge is 0.193 e. The quantitative estimate of drug-likeness (QED) is 0.405. The third-order valence-corrected chi connectivity index (χ3v) is 5.34. The SMILES string of the molecule is CN=C(NCCc1ccccc1Cl)N1CCC(C)C(n2ccnc2)C1.I. The minimum absolute atomic E-state index is 0. The lowest BCUT2D eigenvalue weighted by atomic mass is 9.93. The van der Waals surface area contributed by atoms with Crippen LogP contribution in [0.5, 0.6) is 0 Å².